The quantitative estimate of drug-likeness (QED) is 0.695. The van der Waals surface area contributed by atoms with E-state index in [0.717, 1.165) is 33.8 Å². The van der Waals surface area contributed by atoms with Gasteiger partial charge in [-0.05, 0) is 68.1 Å². The Kier molecular flexibility index (Phi) is 5.42. The van der Waals surface area contributed by atoms with Gasteiger partial charge in [0.25, 0.3) is 0 Å². The third-order valence-electron chi connectivity index (χ3n) is 4.68. The van der Waals surface area contributed by atoms with E-state index in [1.807, 2.05) is 31.2 Å². The molecule has 2 aromatic rings. The van der Waals surface area contributed by atoms with Gasteiger partial charge in [0.05, 0.1) is 0 Å². The van der Waals surface area contributed by atoms with Gasteiger partial charge in [0.1, 0.15) is 0 Å². The van der Waals surface area contributed by atoms with Gasteiger partial charge in [0, 0.05) is 23.3 Å². The van der Waals surface area contributed by atoms with Crippen LogP contribution >= 0.6 is 23.8 Å². The Labute approximate surface area is 154 Å². The summed E-state index contributed by atoms with van der Waals surface area (Å²) in [4.78, 5) is 2.30. The topological polar surface area (TPSA) is 15.3 Å². The van der Waals surface area contributed by atoms with Gasteiger partial charge >= 0.3 is 0 Å². The molecule has 24 heavy (non-hydrogen) atoms. The Morgan fingerprint density at radius 1 is 1.25 bits per heavy atom. The van der Waals surface area contributed by atoms with E-state index in [1.165, 1.54) is 18.4 Å². The van der Waals surface area contributed by atoms with Gasteiger partial charge < -0.3 is 10.2 Å². The molecule has 0 unspecified atom stereocenters. The van der Waals surface area contributed by atoms with Crippen LogP contribution in [0.15, 0.2) is 48.5 Å². The summed E-state index contributed by atoms with van der Waals surface area (Å²) < 4.78 is 0. The average molecular weight is 359 g/mol. The van der Waals surface area contributed by atoms with E-state index in [9.17, 15) is 0 Å². The molecule has 2 nitrogen and oxygen atoms in total. The summed E-state index contributed by atoms with van der Waals surface area (Å²) in [5.74, 6) is 0.745. The van der Waals surface area contributed by atoms with Crippen molar-refractivity contribution in [2.24, 2.45) is 5.92 Å². The molecule has 126 valence electrons. The maximum atomic E-state index is 6.23. The monoisotopic (exact) mass is 358 g/mol. The van der Waals surface area contributed by atoms with E-state index in [2.05, 4.69) is 41.4 Å². The number of halogens is 1. The number of hydrogen-bond donors (Lipinski definition) is 1. The van der Waals surface area contributed by atoms with Crippen LogP contribution in [0.25, 0.3) is 0 Å². The Balaban J connectivity index is 1.76. The van der Waals surface area contributed by atoms with E-state index < -0.39 is 0 Å². The molecule has 1 N–H and O–H groups in total. The second kappa shape index (κ2) is 7.54. The number of hydrogen-bond acceptors (Lipinski definition) is 1. The molecule has 4 heteroatoms. The van der Waals surface area contributed by atoms with Crippen molar-refractivity contribution in [3.8, 4) is 0 Å². The lowest BCUT2D eigenvalue weighted by atomic mass is 10.1. The predicted molar refractivity (Wildman–Crippen MR) is 107 cm³/mol. The summed E-state index contributed by atoms with van der Waals surface area (Å²) in [6.45, 7) is 5.10. The third kappa shape index (κ3) is 4.28. The molecule has 0 radical (unpaired) electrons. The number of nitrogens with one attached hydrogen (secondary N) is 1. The largest absolute Gasteiger partial charge is 0.342 e. The Bertz CT molecular complexity index is 713. The van der Waals surface area contributed by atoms with Crippen LogP contribution in [0.4, 0.5) is 5.69 Å². The molecular formula is C20H23ClN2S. The summed E-state index contributed by atoms with van der Waals surface area (Å²) >= 11 is 12.0. The minimum atomic E-state index is 0.436. The van der Waals surface area contributed by atoms with Gasteiger partial charge in [-0.3, -0.25) is 0 Å². The first-order valence-electron chi connectivity index (χ1n) is 8.42. The van der Waals surface area contributed by atoms with E-state index in [0.29, 0.717) is 6.04 Å². The summed E-state index contributed by atoms with van der Waals surface area (Å²) in [5.41, 5.74) is 3.29. The van der Waals surface area contributed by atoms with Crippen LogP contribution in [-0.2, 0) is 6.54 Å². The van der Waals surface area contributed by atoms with E-state index in [1.54, 1.807) is 0 Å². The molecule has 2 aromatic carbocycles. The molecule has 1 aliphatic rings. The van der Waals surface area contributed by atoms with E-state index in [4.69, 9.17) is 23.8 Å². The molecule has 0 aliphatic heterocycles. The first kappa shape index (κ1) is 17.2. The Morgan fingerprint density at radius 3 is 2.58 bits per heavy atom. The first-order valence-corrected chi connectivity index (χ1v) is 9.21. The van der Waals surface area contributed by atoms with Gasteiger partial charge in [-0.1, -0.05) is 48.0 Å². The van der Waals surface area contributed by atoms with Crippen molar-refractivity contribution in [1.29, 1.82) is 0 Å². The zero-order chi connectivity index (χ0) is 17.1. The van der Waals surface area contributed by atoms with Crippen molar-refractivity contribution in [3.05, 3.63) is 64.7 Å². The zero-order valence-corrected chi connectivity index (χ0v) is 15.7. The smallest absolute Gasteiger partial charge is 0.173 e. The van der Waals surface area contributed by atoms with Gasteiger partial charge in [0.15, 0.2) is 5.11 Å². The average Bonchev–Trinajstić information content (AvgIpc) is 3.41. The number of nitrogens with zero attached hydrogens (tertiary/aromatic N) is 1. The highest BCUT2D eigenvalue weighted by atomic mass is 35.5. The minimum absolute atomic E-state index is 0.436. The zero-order valence-electron chi connectivity index (χ0n) is 14.1. The summed E-state index contributed by atoms with van der Waals surface area (Å²) in [7, 11) is 0. The lowest BCUT2D eigenvalue weighted by Crippen LogP contribution is -2.41. The number of thiocarbonyl (C=S) groups is 1. The maximum Gasteiger partial charge on any atom is 0.173 e. The second-order valence-corrected chi connectivity index (χ2v) is 7.38. The van der Waals surface area contributed by atoms with Crippen LogP contribution in [0, 0.1) is 12.8 Å². The molecule has 1 saturated carbocycles. The molecule has 0 saturated heterocycles. The second-order valence-electron chi connectivity index (χ2n) is 6.59. The van der Waals surface area contributed by atoms with Crippen molar-refractivity contribution in [3.63, 3.8) is 0 Å². The van der Waals surface area contributed by atoms with Crippen molar-refractivity contribution in [2.75, 3.05) is 5.32 Å². The minimum Gasteiger partial charge on any atom is -0.342 e. The Morgan fingerprint density at radius 2 is 1.96 bits per heavy atom. The maximum absolute atomic E-state index is 6.23. The predicted octanol–water partition coefficient (Wildman–Crippen LogP) is 5.65. The summed E-state index contributed by atoms with van der Waals surface area (Å²) in [5, 5.41) is 4.89. The van der Waals surface area contributed by atoms with Gasteiger partial charge in [-0.15, -0.1) is 0 Å². The fourth-order valence-electron chi connectivity index (χ4n) is 2.88. The highest BCUT2D eigenvalue weighted by Crippen LogP contribution is 2.36. The summed E-state index contributed by atoms with van der Waals surface area (Å²) in [6.07, 6.45) is 2.59. The molecule has 0 spiro atoms. The molecule has 1 atom stereocenters. The Hall–Kier alpha value is -1.58. The van der Waals surface area contributed by atoms with Gasteiger partial charge in [0.2, 0.25) is 0 Å². The molecule has 1 aliphatic carbocycles. The molecule has 0 amide bonds. The van der Waals surface area contributed by atoms with Crippen molar-refractivity contribution in [1.82, 2.24) is 4.90 Å². The lowest BCUT2D eigenvalue weighted by Gasteiger charge is -2.32. The number of benzene rings is 2. The van der Waals surface area contributed by atoms with Gasteiger partial charge in [-0.25, -0.2) is 0 Å². The molecule has 0 aromatic heterocycles. The van der Waals surface area contributed by atoms with E-state index >= 15 is 0 Å². The molecule has 1 fully saturated rings. The number of rotatable bonds is 5. The van der Waals surface area contributed by atoms with Crippen LogP contribution in [0.2, 0.25) is 5.02 Å². The van der Waals surface area contributed by atoms with Crippen molar-refractivity contribution in [2.45, 2.75) is 39.3 Å². The van der Waals surface area contributed by atoms with E-state index in [-0.39, 0.29) is 0 Å². The third-order valence-corrected chi connectivity index (χ3v) is 5.42. The van der Waals surface area contributed by atoms with Crippen LogP contribution in [0.1, 0.15) is 30.9 Å². The standard InChI is InChI=1S/C20H23ClN2S/c1-14-8-11-18(12-19(14)21)22-20(24)23(15(2)17-9-10-17)13-16-6-4-3-5-7-16/h3-8,11-12,15,17H,9-10,13H2,1-2H3,(H,22,24)/t15-/m1/s1. The highest BCUT2D eigenvalue weighted by Gasteiger charge is 2.33. The van der Waals surface area contributed by atoms with Crippen molar-refractivity contribution < 1.29 is 0 Å². The number of aryl methyl sites for hydroxylation is 1. The summed E-state index contributed by atoms with van der Waals surface area (Å²) in [6, 6.07) is 16.9. The molecular weight excluding hydrogens is 336 g/mol. The van der Waals surface area contributed by atoms with Crippen LogP contribution in [-0.4, -0.2) is 16.1 Å². The number of anilines is 1. The lowest BCUT2D eigenvalue weighted by molar-refractivity contribution is 0.298. The molecule has 0 heterocycles. The molecule has 3 rings (SSSR count). The normalized spacial score (nSPS) is 15.0. The highest BCUT2D eigenvalue weighted by molar-refractivity contribution is 7.80. The fraction of sp³-hybridized carbons (Fsp3) is 0.350. The first-order chi connectivity index (χ1) is 11.5. The van der Waals surface area contributed by atoms with Crippen molar-refractivity contribution >= 4 is 34.6 Å². The fourth-order valence-corrected chi connectivity index (χ4v) is 3.41. The van der Waals surface area contributed by atoms with Gasteiger partial charge in [-0.2, -0.15) is 0 Å². The SMILES string of the molecule is Cc1ccc(NC(=S)N(Cc2ccccc2)[C@H](C)C2CC2)cc1Cl. The molecule has 0 bridgehead atoms. The van der Waals surface area contributed by atoms with Crippen LogP contribution in [0.5, 0.6) is 0 Å². The van der Waals surface area contributed by atoms with Crippen LogP contribution in [0.3, 0.4) is 0 Å². The van der Waals surface area contributed by atoms with Crippen LogP contribution < -0.4 is 5.32 Å².